The van der Waals surface area contributed by atoms with E-state index >= 15 is 0 Å². The van der Waals surface area contributed by atoms with Crippen molar-refractivity contribution in [3.8, 4) is 0 Å². The van der Waals surface area contributed by atoms with E-state index in [0.29, 0.717) is 12.6 Å². The third kappa shape index (κ3) is 4.86. The Kier molecular flexibility index (Phi) is 6.72. The van der Waals surface area contributed by atoms with Crippen molar-refractivity contribution in [2.24, 2.45) is 0 Å². The maximum Gasteiger partial charge on any atom is 0.330 e. The van der Waals surface area contributed by atoms with Gasteiger partial charge in [0.1, 0.15) is 0 Å². The number of imide groups is 1. The van der Waals surface area contributed by atoms with Crippen LogP contribution in [0.1, 0.15) is 57.8 Å². The Labute approximate surface area is 179 Å². The average Bonchev–Trinajstić information content (AvgIpc) is 3.12. The number of nitrogens with zero attached hydrogens (tertiary/aromatic N) is 2. The van der Waals surface area contributed by atoms with Crippen LogP contribution in [-0.4, -0.2) is 54.1 Å². The highest BCUT2D eigenvalue weighted by Gasteiger charge is 2.39. The first kappa shape index (κ1) is 20.9. The van der Waals surface area contributed by atoms with Crippen molar-refractivity contribution >= 4 is 12.1 Å². The predicted octanol–water partition coefficient (Wildman–Crippen LogP) is 4.23. The van der Waals surface area contributed by atoms with Crippen molar-refractivity contribution in [2.45, 2.75) is 69.9 Å². The third-order valence-electron chi connectivity index (χ3n) is 6.79. The fraction of sp³-hybridized carbons (Fsp3) is 0.583. The van der Waals surface area contributed by atoms with Crippen LogP contribution in [0.5, 0.6) is 0 Å². The fourth-order valence-electron chi connectivity index (χ4n) is 4.89. The lowest BCUT2D eigenvalue weighted by atomic mass is 9.93. The molecule has 2 N–H and O–H groups in total. The predicted molar refractivity (Wildman–Crippen MR) is 119 cm³/mol. The molecule has 6 heteroatoms. The van der Waals surface area contributed by atoms with Gasteiger partial charge in [0.15, 0.2) is 0 Å². The maximum absolute atomic E-state index is 12.8. The average molecular weight is 411 g/mol. The summed E-state index contributed by atoms with van der Waals surface area (Å²) in [5.74, 6) is 0. The summed E-state index contributed by atoms with van der Waals surface area (Å²) in [5.41, 5.74) is 3.19. The van der Waals surface area contributed by atoms with Crippen LogP contribution in [0.4, 0.5) is 9.59 Å². The SMILES string of the molecule is CN(CCC1=CCC2NC(=O)N(C(=O)NCC3=CC=CCC3)C2=C1)C1CCCCC1. The number of allylic oxidation sites excluding steroid dienone is 4. The van der Waals surface area contributed by atoms with E-state index in [1.54, 1.807) is 0 Å². The molecule has 4 amide bonds. The smallest absolute Gasteiger partial charge is 0.330 e. The fourth-order valence-corrected chi connectivity index (χ4v) is 4.89. The normalized spacial score (nSPS) is 24.2. The van der Waals surface area contributed by atoms with E-state index in [0.717, 1.165) is 37.9 Å². The highest BCUT2D eigenvalue weighted by atomic mass is 16.2. The van der Waals surface area contributed by atoms with Crippen LogP contribution in [0.3, 0.4) is 0 Å². The van der Waals surface area contributed by atoms with E-state index in [-0.39, 0.29) is 18.1 Å². The van der Waals surface area contributed by atoms with Crippen LogP contribution in [0, 0.1) is 0 Å². The van der Waals surface area contributed by atoms with Crippen molar-refractivity contribution in [1.29, 1.82) is 0 Å². The van der Waals surface area contributed by atoms with Gasteiger partial charge in [-0.25, -0.2) is 14.5 Å². The van der Waals surface area contributed by atoms with Crippen LogP contribution < -0.4 is 10.6 Å². The van der Waals surface area contributed by atoms with Gasteiger partial charge in [0.25, 0.3) is 0 Å². The van der Waals surface area contributed by atoms with Gasteiger partial charge in [-0.2, -0.15) is 0 Å². The molecule has 4 aliphatic rings. The lowest BCUT2D eigenvalue weighted by molar-refractivity contribution is 0.194. The molecular weight excluding hydrogens is 376 g/mol. The van der Waals surface area contributed by atoms with Crippen molar-refractivity contribution < 1.29 is 9.59 Å². The molecule has 0 bridgehead atoms. The largest absolute Gasteiger partial charge is 0.334 e. The molecule has 0 aromatic carbocycles. The molecule has 3 aliphatic carbocycles. The van der Waals surface area contributed by atoms with Crippen LogP contribution >= 0.6 is 0 Å². The Balaban J connectivity index is 1.35. The van der Waals surface area contributed by atoms with Gasteiger partial charge < -0.3 is 15.5 Å². The van der Waals surface area contributed by atoms with Crippen LogP contribution in [-0.2, 0) is 0 Å². The molecule has 6 nitrogen and oxygen atoms in total. The summed E-state index contributed by atoms with van der Waals surface area (Å²) in [6.45, 7) is 1.50. The molecule has 0 aromatic heterocycles. The van der Waals surface area contributed by atoms with E-state index in [4.69, 9.17) is 0 Å². The summed E-state index contributed by atoms with van der Waals surface area (Å²) in [6.07, 6.45) is 20.8. The van der Waals surface area contributed by atoms with Crippen molar-refractivity contribution in [2.75, 3.05) is 20.1 Å². The molecule has 30 heavy (non-hydrogen) atoms. The molecule has 1 aliphatic heterocycles. The zero-order valence-corrected chi connectivity index (χ0v) is 18.0. The number of rotatable bonds is 6. The van der Waals surface area contributed by atoms with E-state index in [1.165, 1.54) is 48.2 Å². The van der Waals surface area contributed by atoms with Gasteiger partial charge in [-0.3, -0.25) is 0 Å². The Morgan fingerprint density at radius 2 is 2.13 bits per heavy atom. The lowest BCUT2D eigenvalue weighted by Gasteiger charge is -2.31. The van der Waals surface area contributed by atoms with Gasteiger partial charge in [-0.05, 0) is 57.2 Å². The van der Waals surface area contributed by atoms with Crippen LogP contribution in [0.25, 0.3) is 0 Å². The maximum atomic E-state index is 12.8. The minimum Gasteiger partial charge on any atom is -0.334 e. The van der Waals surface area contributed by atoms with Gasteiger partial charge in [0.2, 0.25) is 0 Å². The Morgan fingerprint density at radius 1 is 1.30 bits per heavy atom. The van der Waals surface area contributed by atoms with Gasteiger partial charge in [0, 0.05) is 19.1 Å². The molecular formula is C24H34N4O2. The Morgan fingerprint density at radius 3 is 2.90 bits per heavy atom. The van der Waals surface area contributed by atoms with E-state index in [9.17, 15) is 9.59 Å². The first-order valence-electron chi connectivity index (χ1n) is 11.5. The summed E-state index contributed by atoms with van der Waals surface area (Å²) in [5, 5.41) is 5.86. The standard InChI is InChI=1S/C24H34N4O2/c1-27(20-10-6-3-7-11-20)15-14-18-12-13-21-22(16-18)28(24(30)26-21)23(29)25-17-19-8-4-2-5-9-19/h2,4,8,12,16,20-21H,3,5-7,9-11,13-15,17H2,1H3,(H,25,29)(H,26,30). The monoisotopic (exact) mass is 410 g/mol. The van der Waals surface area contributed by atoms with Gasteiger partial charge >= 0.3 is 12.1 Å². The molecule has 0 radical (unpaired) electrons. The van der Waals surface area contributed by atoms with Gasteiger partial charge in [-0.15, -0.1) is 0 Å². The molecule has 1 saturated carbocycles. The van der Waals surface area contributed by atoms with E-state index < -0.39 is 0 Å². The molecule has 0 spiro atoms. The second kappa shape index (κ2) is 9.65. The zero-order chi connectivity index (χ0) is 20.9. The second-order valence-electron chi connectivity index (χ2n) is 8.89. The number of carbonyl (C=O) groups excluding carboxylic acids is 2. The zero-order valence-electron chi connectivity index (χ0n) is 18.0. The Bertz CT molecular complexity index is 789. The minimum atomic E-state index is -0.336. The van der Waals surface area contributed by atoms with Crippen molar-refractivity contribution in [3.63, 3.8) is 0 Å². The third-order valence-corrected chi connectivity index (χ3v) is 6.79. The molecule has 2 fully saturated rings. The first-order valence-corrected chi connectivity index (χ1v) is 11.5. The van der Waals surface area contributed by atoms with Gasteiger partial charge in [-0.1, -0.05) is 49.1 Å². The van der Waals surface area contributed by atoms with E-state index in [1.807, 2.05) is 18.2 Å². The van der Waals surface area contributed by atoms with Crippen molar-refractivity contribution in [1.82, 2.24) is 20.4 Å². The summed E-state index contributed by atoms with van der Waals surface area (Å²) >= 11 is 0. The number of urea groups is 2. The van der Waals surface area contributed by atoms with Crippen molar-refractivity contribution in [3.05, 3.63) is 47.2 Å². The molecule has 1 unspecified atom stereocenters. The molecule has 0 aromatic rings. The van der Waals surface area contributed by atoms with Crippen LogP contribution in [0.2, 0.25) is 0 Å². The second-order valence-corrected chi connectivity index (χ2v) is 8.89. The number of hydrogen-bond acceptors (Lipinski definition) is 3. The number of hydrogen-bond donors (Lipinski definition) is 2. The number of carbonyl (C=O) groups is 2. The molecule has 162 valence electrons. The Hall–Kier alpha value is -2.34. The summed E-state index contributed by atoms with van der Waals surface area (Å²) in [7, 11) is 2.23. The summed E-state index contributed by atoms with van der Waals surface area (Å²) < 4.78 is 0. The number of fused-ring (bicyclic) bond motifs is 1. The molecule has 1 saturated heterocycles. The quantitative estimate of drug-likeness (QED) is 0.689. The lowest BCUT2D eigenvalue weighted by Crippen LogP contribution is -2.42. The number of amides is 4. The topological polar surface area (TPSA) is 64.7 Å². The molecule has 4 rings (SSSR count). The number of nitrogens with one attached hydrogen (secondary N) is 2. The van der Waals surface area contributed by atoms with Crippen LogP contribution in [0.15, 0.2) is 47.2 Å². The summed E-state index contributed by atoms with van der Waals surface area (Å²) in [6, 6.07) is -0.0586. The van der Waals surface area contributed by atoms with E-state index in [2.05, 4.69) is 34.7 Å². The highest BCUT2D eigenvalue weighted by Crippen LogP contribution is 2.29. The minimum absolute atomic E-state index is 0.0973. The molecule has 1 heterocycles. The van der Waals surface area contributed by atoms with Gasteiger partial charge in [0.05, 0.1) is 11.7 Å². The highest BCUT2D eigenvalue weighted by molar-refractivity contribution is 5.98. The summed E-state index contributed by atoms with van der Waals surface area (Å²) in [4.78, 5) is 29.0. The first-order chi connectivity index (χ1) is 14.6. The molecule has 1 atom stereocenters.